The van der Waals surface area contributed by atoms with Crippen molar-refractivity contribution in [3.63, 3.8) is 0 Å². The first kappa shape index (κ1) is 10.2. The predicted molar refractivity (Wildman–Crippen MR) is 62.1 cm³/mol. The first-order valence-electron chi connectivity index (χ1n) is 4.87. The Morgan fingerprint density at radius 1 is 1.06 bits per heavy atom. The summed E-state index contributed by atoms with van der Waals surface area (Å²) in [6, 6.07) is 13.8. The molecule has 0 spiro atoms. The van der Waals surface area contributed by atoms with Gasteiger partial charge in [-0.05, 0) is 23.8 Å². The number of para-hydroxylation sites is 1. The number of primary amides is 1. The highest BCUT2D eigenvalue weighted by atomic mass is 16.3. The molecule has 0 aliphatic rings. The number of carbonyl (C=O) groups excluding carboxylic acids is 1. The Bertz CT molecular complexity index is 535. The second kappa shape index (κ2) is 4.06. The first-order valence-corrected chi connectivity index (χ1v) is 4.87. The molecule has 3 heteroatoms. The van der Waals surface area contributed by atoms with E-state index in [0.717, 1.165) is 5.56 Å². The Kier molecular flexibility index (Phi) is 2.60. The van der Waals surface area contributed by atoms with Crippen LogP contribution in [0.5, 0.6) is 5.75 Å². The van der Waals surface area contributed by atoms with Crippen LogP contribution in [0.4, 0.5) is 0 Å². The molecule has 0 aliphatic heterocycles. The zero-order chi connectivity index (χ0) is 11.5. The van der Waals surface area contributed by atoms with E-state index in [1.54, 1.807) is 36.4 Å². The molecule has 16 heavy (non-hydrogen) atoms. The largest absolute Gasteiger partial charge is 0.507 e. The number of hydrogen-bond acceptors (Lipinski definition) is 2. The molecular formula is C13H11NO2. The van der Waals surface area contributed by atoms with Crippen LogP contribution >= 0.6 is 0 Å². The fraction of sp³-hybridized carbons (Fsp3) is 0. The van der Waals surface area contributed by atoms with Gasteiger partial charge in [-0.25, -0.2) is 0 Å². The quantitative estimate of drug-likeness (QED) is 0.802. The van der Waals surface area contributed by atoms with Gasteiger partial charge in [-0.15, -0.1) is 0 Å². The zero-order valence-corrected chi connectivity index (χ0v) is 8.55. The summed E-state index contributed by atoms with van der Waals surface area (Å²) in [6.45, 7) is 0. The van der Waals surface area contributed by atoms with Crippen LogP contribution in [-0.2, 0) is 0 Å². The summed E-state index contributed by atoms with van der Waals surface area (Å²) in [6.07, 6.45) is 0. The van der Waals surface area contributed by atoms with Crippen LogP contribution in [0, 0.1) is 0 Å². The molecule has 0 bridgehead atoms. The van der Waals surface area contributed by atoms with Crippen molar-refractivity contribution in [3.8, 4) is 16.9 Å². The summed E-state index contributed by atoms with van der Waals surface area (Å²) in [5.41, 5.74) is 7.09. The van der Waals surface area contributed by atoms with Gasteiger partial charge >= 0.3 is 0 Å². The molecule has 0 saturated carbocycles. The third kappa shape index (κ3) is 1.88. The van der Waals surface area contributed by atoms with Crippen molar-refractivity contribution in [1.82, 2.24) is 0 Å². The van der Waals surface area contributed by atoms with Gasteiger partial charge in [0.05, 0.1) is 0 Å². The molecule has 0 heterocycles. The molecule has 2 aromatic carbocycles. The zero-order valence-electron chi connectivity index (χ0n) is 8.55. The summed E-state index contributed by atoms with van der Waals surface area (Å²) >= 11 is 0. The minimum atomic E-state index is -0.475. The summed E-state index contributed by atoms with van der Waals surface area (Å²) in [5.74, 6) is -0.290. The van der Waals surface area contributed by atoms with E-state index >= 15 is 0 Å². The van der Waals surface area contributed by atoms with Gasteiger partial charge in [0.2, 0.25) is 5.91 Å². The molecule has 0 saturated heterocycles. The first-order chi connectivity index (χ1) is 7.68. The number of hydrogen-bond donors (Lipinski definition) is 2. The highest BCUT2D eigenvalue weighted by Crippen LogP contribution is 2.28. The molecule has 0 unspecified atom stereocenters. The summed E-state index contributed by atoms with van der Waals surface area (Å²) < 4.78 is 0. The number of aromatic hydroxyl groups is 1. The molecule has 2 aromatic rings. The van der Waals surface area contributed by atoms with Gasteiger partial charge < -0.3 is 10.8 Å². The normalized spacial score (nSPS) is 10.0. The van der Waals surface area contributed by atoms with Gasteiger partial charge in [0, 0.05) is 11.1 Å². The number of amides is 1. The second-order valence-corrected chi connectivity index (χ2v) is 3.46. The summed E-state index contributed by atoms with van der Waals surface area (Å²) in [7, 11) is 0. The van der Waals surface area contributed by atoms with Crippen LogP contribution in [0.15, 0.2) is 48.5 Å². The average molecular weight is 213 g/mol. The Labute approximate surface area is 93.1 Å². The molecule has 0 aliphatic carbocycles. The van der Waals surface area contributed by atoms with Gasteiger partial charge in [0.25, 0.3) is 0 Å². The van der Waals surface area contributed by atoms with Crippen molar-refractivity contribution in [2.24, 2.45) is 5.73 Å². The Morgan fingerprint density at radius 3 is 2.50 bits per heavy atom. The molecule has 0 radical (unpaired) electrons. The molecule has 1 amide bonds. The van der Waals surface area contributed by atoms with Crippen LogP contribution in [-0.4, -0.2) is 11.0 Å². The van der Waals surface area contributed by atoms with Crippen molar-refractivity contribution >= 4 is 5.91 Å². The van der Waals surface area contributed by atoms with Crippen molar-refractivity contribution < 1.29 is 9.90 Å². The van der Waals surface area contributed by atoms with E-state index in [9.17, 15) is 9.90 Å². The lowest BCUT2D eigenvalue weighted by Gasteiger charge is -2.05. The summed E-state index contributed by atoms with van der Waals surface area (Å²) in [5, 5.41) is 9.68. The Morgan fingerprint density at radius 2 is 1.81 bits per heavy atom. The van der Waals surface area contributed by atoms with Gasteiger partial charge in [-0.1, -0.05) is 30.3 Å². The van der Waals surface area contributed by atoms with Crippen LogP contribution in [0.25, 0.3) is 11.1 Å². The van der Waals surface area contributed by atoms with E-state index in [4.69, 9.17) is 5.73 Å². The van der Waals surface area contributed by atoms with Crippen molar-refractivity contribution in [2.45, 2.75) is 0 Å². The van der Waals surface area contributed by atoms with Crippen LogP contribution < -0.4 is 5.73 Å². The molecule has 80 valence electrons. The third-order valence-electron chi connectivity index (χ3n) is 2.36. The molecule has 0 fully saturated rings. The van der Waals surface area contributed by atoms with E-state index in [1.807, 2.05) is 12.1 Å². The predicted octanol–water partition coefficient (Wildman–Crippen LogP) is 2.16. The highest BCUT2D eigenvalue weighted by molar-refractivity contribution is 5.94. The monoisotopic (exact) mass is 213 g/mol. The average Bonchev–Trinajstić information content (AvgIpc) is 2.30. The van der Waals surface area contributed by atoms with E-state index in [2.05, 4.69) is 0 Å². The number of nitrogens with two attached hydrogens (primary N) is 1. The molecule has 3 N–H and O–H groups in total. The van der Waals surface area contributed by atoms with E-state index in [0.29, 0.717) is 11.1 Å². The van der Waals surface area contributed by atoms with Crippen LogP contribution in [0.2, 0.25) is 0 Å². The number of rotatable bonds is 2. The van der Waals surface area contributed by atoms with Crippen molar-refractivity contribution in [3.05, 3.63) is 54.1 Å². The minimum absolute atomic E-state index is 0.184. The maximum atomic E-state index is 11.0. The van der Waals surface area contributed by atoms with Crippen molar-refractivity contribution in [1.29, 1.82) is 0 Å². The maximum Gasteiger partial charge on any atom is 0.248 e. The molecule has 0 aromatic heterocycles. The number of carbonyl (C=O) groups is 1. The lowest BCUT2D eigenvalue weighted by atomic mass is 10.0. The highest BCUT2D eigenvalue weighted by Gasteiger charge is 2.05. The fourth-order valence-electron chi connectivity index (χ4n) is 1.56. The lowest BCUT2D eigenvalue weighted by molar-refractivity contribution is 0.100. The van der Waals surface area contributed by atoms with Crippen LogP contribution in [0.3, 0.4) is 0 Å². The van der Waals surface area contributed by atoms with Crippen LogP contribution in [0.1, 0.15) is 10.4 Å². The van der Waals surface area contributed by atoms with E-state index in [-0.39, 0.29) is 5.75 Å². The second-order valence-electron chi connectivity index (χ2n) is 3.46. The number of benzene rings is 2. The van der Waals surface area contributed by atoms with Gasteiger partial charge in [0.15, 0.2) is 0 Å². The Balaban J connectivity index is 2.53. The lowest BCUT2D eigenvalue weighted by Crippen LogP contribution is -2.10. The van der Waals surface area contributed by atoms with Gasteiger partial charge in [-0.2, -0.15) is 0 Å². The molecular weight excluding hydrogens is 202 g/mol. The van der Waals surface area contributed by atoms with E-state index in [1.165, 1.54) is 0 Å². The van der Waals surface area contributed by atoms with Gasteiger partial charge in [0.1, 0.15) is 5.75 Å². The van der Waals surface area contributed by atoms with Crippen molar-refractivity contribution in [2.75, 3.05) is 0 Å². The fourth-order valence-corrected chi connectivity index (χ4v) is 1.56. The topological polar surface area (TPSA) is 63.3 Å². The molecule has 3 nitrogen and oxygen atoms in total. The molecule has 0 atom stereocenters. The Hall–Kier alpha value is -2.29. The molecule has 2 rings (SSSR count). The SMILES string of the molecule is NC(=O)c1cccc(-c2ccccc2O)c1. The number of phenols is 1. The summed E-state index contributed by atoms with van der Waals surface area (Å²) in [4.78, 5) is 11.0. The minimum Gasteiger partial charge on any atom is -0.507 e. The number of phenolic OH excluding ortho intramolecular Hbond substituents is 1. The van der Waals surface area contributed by atoms with E-state index < -0.39 is 5.91 Å². The standard InChI is InChI=1S/C13H11NO2/c14-13(16)10-5-3-4-9(8-10)11-6-1-2-7-12(11)15/h1-8,15H,(H2,14,16). The smallest absolute Gasteiger partial charge is 0.248 e. The van der Waals surface area contributed by atoms with Gasteiger partial charge in [-0.3, -0.25) is 4.79 Å². The third-order valence-corrected chi connectivity index (χ3v) is 2.36. The maximum absolute atomic E-state index is 11.0.